The Kier molecular flexibility index (Phi) is 5.79. The molecule has 6 heteroatoms. The second kappa shape index (κ2) is 8.06. The molecule has 2 aromatic heterocycles. The summed E-state index contributed by atoms with van der Waals surface area (Å²) in [6.07, 6.45) is 0. The third kappa shape index (κ3) is 3.84. The highest BCUT2D eigenvalue weighted by atomic mass is 35.5. The average Bonchev–Trinajstić information content (AvgIpc) is 2.95. The van der Waals surface area contributed by atoms with Crippen molar-refractivity contribution in [3.05, 3.63) is 46.7 Å². The van der Waals surface area contributed by atoms with Gasteiger partial charge in [-0.3, -0.25) is 0 Å². The Morgan fingerprint density at radius 2 is 1.81 bits per heavy atom. The van der Waals surface area contributed by atoms with E-state index in [2.05, 4.69) is 25.2 Å². The van der Waals surface area contributed by atoms with Crippen LogP contribution in [-0.4, -0.2) is 40.8 Å². The SMILES string of the molecule is CC[NH+](CC)CCNc1cc(C)nc2c(-c3ccc(Cl)cc3)c(C)nn12. The van der Waals surface area contributed by atoms with Crippen LogP contribution in [0.5, 0.6) is 0 Å². The van der Waals surface area contributed by atoms with Crippen molar-refractivity contribution in [2.75, 3.05) is 31.5 Å². The summed E-state index contributed by atoms with van der Waals surface area (Å²) in [6, 6.07) is 9.91. The van der Waals surface area contributed by atoms with Crippen molar-refractivity contribution in [1.29, 1.82) is 0 Å². The van der Waals surface area contributed by atoms with Crippen molar-refractivity contribution < 1.29 is 4.90 Å². The molecule has 0 unspecified atom stereocenters. The third-order valence-electron chi connectivity index (χ3n) is 4.81. The molecule has 1 aromatic carbocycles. The van der Waals surface area contributed by atoms with Crippen molar-refractivity contribution in [3.63, 3.8) is 0 Å². The number of halogens is 1. The summed E-state index contributed by atoms with van der Waals surface area (Å²) < 4.78 is 1.92. The fraction of sp³-hybridized carbons (Fsp3) is 0.400. The molecule has 0 aliphatic carbocycles. The van der Waals surface area contributed by atoms with E-state index in [1.807, 2.05) is 42.6 Å². The molecular formula is C20H27ClN5+. The number of rotatable bonds is 7. The van der Waals surface area contributed by atoms with E-state index in [0.29, 0.717) is 0 Å². The lowest BCUT2D eigenvalue weighted by molar-refractivity contribution is -0.894. The van der Waals surface area contributed by atoms with Gasteiger partial charge in [0.05, 0.1) is 31.9 Å². The number of quaternary nitrogens is 1. The molecule has 0 bridgehead atoms. The maximum absolute atomic E-state index is 6.04. The molecular weight excluding hydrogens is 346 g/mol. The van der Waals surface area contributed by atoms with Gasteiger partial charge in [-0.2, -0.15) is 9.61 Å². The minimum absolute atomic E-state index is 0.730. The predicted molar refractivity (Wildman–Crippen MR) is 108 cm³/mol. The number of aryl methyl sites for hydroxylation is 2. The third-order valence-corrected chi connectivity index (χ3v) is 5.06. The number of nitrogens with zero attached hydrogens (tertiary/aromatic N) is 3. The number of fused-ring (bicyclic) bond motifs is 1. The summed E-state index contributed by atoms with van der Waals surface area (Å²) in [4.78, 5) is 6.34. The number of hydrogen-bond acceptors (Lipinski definition) is 3. The predicted octanol–water partition coefficient (Wildman–Crippen LogP) is 3.00. The average molecular weight is 373 g/mol. The monoisotopic (exact) mass is 372 g/mol. The van der Waals surface area contributed by atoms with Gasteiger partial charge in [-0.15, -0.1) is 0 Å². The van der Waals surface area contributed by atoms with Crippen molar-refractivity contribution in [3.8, 4) is 11.1 Å². The molecule has 0 aliphatic rings. The number of likely N-dealkylation sites (N-methyl/N-ethyl adjacent to an activating group) is 1. The van der Waals surface area contributed by atoms with Crippen molar-refractivity contribution >= 4 is 23.1 Å². The molecule has 0 radical (unpaired) electrons. The highest BCUT2D eigenvalue weighted by Gasteiger charge is 2.16. The first kappa shape index (κ1) is 18.7. The molecule has 0 spiro atoms. The van der Waals surface area contributed by atoms with E-state index in [0.717, 1.165) is 65.2 Å². The molecule has 0 saturated carbocycles. The van der Waals surface area contributed by atoms with E-state index in [-0.39, 0.29) is 0 Å². The van der Waals surface area contributed by atoms with Crippen LogP contribution in [0.1, 0.15) is 25.2 Å². The molecule has 0 atom stereocenters. The van der Waals surface area contributed by atoms with Gasteiger partial charge in [-0.25, -0.2) is 4.98 Å². The van der Waals surface area contributed by atoms with Gasteiger partial charge in [0.25, 0.3) is 0 Å². The van der Waals surface area contributed by atoms with Crippen LogP contribution in [0.4, 0.5) is 5.82 Å². The zero-order valence-corrected chi connectivity index (χ0v) is 16.7. The zero-order valence-electron chi connectivity index (χ0n) is 15.9. The van der Waals surface area contributed by atoms with Gasteiger partial charge >= 0.3 is 0 Å². The summed E-state index contributed by atoms with van der Waals surface area (Å²) >= 11 is 6.04. The fourth-order valence-electron chi connectivity index (χ4n) is 3.30. The van der Waals surface area contributed by atoms with Gasteiger partial charge in [0, 0.05) is 22.3 Å². The lowest BCUT2D eigenvalue weighted by Crippen LogP contribution is -3.12. The van der Waals surface area contributed by atoms with Crippen LogP contribution in [0.25, 0.3) is 16.8 Å². The molecule has 0 amide bonds. The molecule has 2 N–H and O–H groups in total. The van der Waals surface area contributed by atoms with Crippen molar-refractivity contribution in [1.82, 2.24) is 14.6 Å². The highest BCUT2D eigenvalue weighted by molar-refractivity contribution is 6.30. The smallest absolute Gasteiger partial charge is 0.165 e. The topological polar surface area (TPSA) is 46.7 Å². The zero-order chi connectivity index (χ0) is 18.7. The van der Waals surface area contributed by atoms with E-state index in [9.17, 15) is 0 Å². The maximum Gasteiger partial charge on any atom is 0.165 e. The van der Waals surface area contributed by atoms with Gasteiger partial charge in [0.2, 0.25) is 0 Å². The van der Waals surface area contributed by atoms with E-state index < -0.39 is 0 Å². The second-order valence-corrected chi connectivity index (χ2v) is 7.06. The molecule has 3 aromatic rings. The van der Waals surface area contributed by atoms with Crippen LogP contribution in [0, 0.1) is 13.8 Å². The molecule has 2 heterocycles. The van der Waals surface area contributed by atoms with Crippen LogP contribution >= 0.6 is 11.6 Å². The van der Waals surface area contributed by atoms with E-state index in [4.69, 9.17) is 21.7 Å². The Bertz CT molecular complexity index is 881. The standard InChI is InChI=1S/C20H26ClN5/c1-5-25(6-2)12-11-22-18-13-14(3)23-20-19(15(4)24-26(18)20)16-7-9-17(21)10-8-16/h7-10,13,22H,5-6,11-12H2,1-4H3/p+1. The summed E-state index contributed by atoms with van der Waals surface area (Å²) in [5, 5.41) is 9.02. The number of hydrogen-bond donors (Lipinski definition) is 2. The summed E-state index contributed by atoms with van der Waals surface area (Å²) in [7, 11) is 0. The molecule has 138 valence electrons. The summed E-state index contributed by atoms with van der Waals surface area (Å²) in [5.74, 6) is 0.988. The maximum atomic E-state index is 6.04. The quantitative estimate of drug-likeness (QED) is 0.670. The minimum Gasteiger partial charge on any atom is -0.364 e. The Balaban J connectivity index is 1.96. The Morgan fingerprint density at radius 3 is 2.46 bits per heavy atom. The number of nitrogens with one attached hydrogen (secondary N) is 2. The molecule has 26 heavy (non-hydrogen) atoms. The number of aromatic nitrogens is 3. The first-order chi connectivity index (χ1) is 12.5. The lowest BCUT2D eigenvalue weighted by atomic mass is 10.1. The Labute approximate surface area is 160 Å². The van der Waals surface area contributed by atoms with Gasteiger partial charge < -0.3 is 10.2 Å². The van der Waals surface area contributed by atoms with Gasteiger partial charge in [0.1, 0.15) is 5.82 Å². The fourth-order valence-corrected chi connectivity index (χ4v) is 3.42. The lowest BCUT2D eigenvalue weighted by Gasteiger charge is -2.16. The molecule has 0 aliphatic heterocycles. The number of benzene rings is 1. The second-order valence-electron chi connectivity index (χ2n) is 6.62. The normalized spacial score (nSPS) is 11.5. The van der Waals surface area contributed by atoms with Crippen LogP contribution in [0.2, 0.25) is 5.02 Å². The largest absolute Gasteiger partial charge is 0.364 e. The summed E-state index contributed by atoms with van der Waals surface area (Å²) in [5.41, 5.74) is 4.96. The highest BCUT2D eigenvalue weighted by Crippen LogP contribution is 2.29. The molecule has 3 rings (SSSR count). The van der Waals surface area contributed by atoms with Crippen LogP contribution in [0.15, 0.2) is 30.3 Å². The van der Waals surface area contributed by atoms with Crippen LogP contribution in [-0.2, 0) is 0 Å². The van der Waals surface area contributed by atoms with E-state index in [1.165, 1.54) is 0 Å². The summed E-state index contributed by atoms with van der Waals surface area (Å²) in [6.45, 7) is 12.8. The molecule has 0 fully saturated rings. The first-order valence-corrected chi connectivity index (χ1v) is 9.61. The van der Waals surface area contributed by atoms with Crippen molar-refractivity contribution in [2.24, 2.45) is 0 Å². The van der Waals surface area contributed by atoms with Crippen LogP contribution in [0.3, 0.4) is 0 Å². The van der Waals surface area contributed by atoms with Gasteiger partial charge in [0.15, 0.2) is 5.65 Å². The molecule has 0 saturated heterocycles. The van der Waals surface area contributed by atoms with Gasteiger partial charge in [-0.05, 0) is 45.4 Å². The van der Waals surface area contributed by atoms with E-state index in [1.54, 1.807) is 4.90 Å². The van der Waals surface area contributed by atoms with Crippen LogP contribution < -0.4 is 10.2 Å². The van der Waals surface area contributed by atoms with Gasteiger partial charge in [-0.1, -0.05) is 23.7 Å². The molecule has 5 nitrogen and oxygen atoms in total. The van der Waals surface area contributed by atoms with Crippen molar-refractivity contribution in [2.45, 2.75) is 27.7 Å². The van der Waals surface area contributed by atoms with E-state index >= 15 is 0 Å². The first-order valence-electron chi connectivity index (χ1n) is 9.23. The number of anilines is 1. The Morgan fingerprint density at radius 1 is 1.12 bits per heavy atom. The Hall–Kier alpha value is -2.11. The minimum atomic E-state index is 0.730.